The lowest BCUT2D eigenvalue weighted by Crippen LogP contribution is -2.56. The number of aromatic hydroxyl groups is 4. The predicted molar refractivity (Wildman–Crippen MR) is 430 cm³/mol. The number of phenols is 4. The monoisotopic (exact) mass is 1740 g/mol. The summed E-state index contributed by atoms with van der Waals surface area (Å²) in [4.78, 5) is 132. The summed E-state index contributed by atoms with van der Waals surface area (Å²) < 4.78 is 45.4. The Kier molecular flexibility index (Phi) is 29.5. The van der Waals surface area contributed by atoms with Crippen molar-refractivity contribution in [1.82, 2.24) is 15.6 Å². The summed E-state index contributed by atoms with van der Waals surface area (Å²) in [6, 6.07) is 25.4. The lowest BCUT2D eigenvalue weighted by Gasteiger charge is -2.42. The van der Waals surface area contributed by atoms with Gasteiger partial charge in [-0.05, 0) is 84.3 Å². The van der Waals surface area contributed by atoms with Crippen LogP contribution in [-0.2, 0) is 62.4 Å². The molecule has 38 heteroatoms. The summed E-state index contributed by atoms with van der Waals surface area (Å²) in [5, 5.41) is 134. The highest BCUT2D eigenvalue weighted by molar-refractivity contribution is 8.76. The van der Waals surface area contributed by atoms with E-state index in [0.717, 1.165) is 16.2 Å². The number of carboxylic acid groups (broad SMARTS) is 2. The fraction of sp³-hybridized carbons (Fsp3) is 0.370. The summed E-state index contributed by atoms with van der Waals surface area (Å²) in [5.74, 6) is -7.95. The Labute approximate surface area is 699 Å². The zero-order valence-electron chi connectivity index (χ0n) is 63.8. The second kappa shape index (κ2) is 39.1. The number of phenolic OH excluding ortho intramolecular Hbond substituents is 4. The maximum Gasteiger partial charge on any atom is 0.407 e. The highest BCUT2D eigenvalue weighted by atomic mass is 33.1. The minimum Gasteiger partial charge on any atom is -0.507 e. The number of pyridine rings is 1. The molecule has 3 heterocycles. The van der Waals surface area contributed by atoms with Crippen molar-refractivity contribution in [1.29, 1.82) is 0 Å². The third kappa shape index (κ3) is 19.6. The normalized spacial score (nSPS) is 23.2. The molecule has 0 radical (unpaired) electrons. The van der Waals surface area contributed by atoms with Crippen molar-refractivity contribution in [2.24, 2.45) is 0 Å². The lowest BCUT2D eigenvalue weighted by atomic mass is 9.72. The van der Waals surface area contributed by atoms with Gasteiger partial charge < -0.3 is 110 Å². The maximum atomic E-state index is 13.9. The lowest BCUT2D eigenvalue weighted by molar-refractivity contribution is -0.249. The number of aromatic nitrogens is 1. The number of Topliss-reactive ketones (excluding diaryl/α,β-unsaturated/α-hetero) is 2. The van der Waals surface area contributed by atoms with Gasteiger partial charge in [0.05, 0.1) is 95.2 Å². The molecule has 7 aromatic rings. The van der Waals surface area contributed by atoms with Crippen molar-refractivity contribution >= 4 is 115 Å². The smallest absolute Gasteiger partial charge is 0.407 e. The zero-order valence-corrected chi connectivity index (χ0v) is 68.0. The number of carbonyl (C=O) groups excluding carboxylic acids is 8. The fourth-order valence-corrected chi connectivity index (χ4v) is 18.4. The van der Waals surface area contributed by atoms with Crippen molar-refractivity contribution in [2.75, 3.05) is 52.2 Å². The van der Waals surface area contributed by atoms with E-state index in [9.17, 15) is 99.0 Å². The van der Waals surface area contributed by atoms with E-state index in [1.54, 1.807) is 48.7 Å². The molecule has 2 fully saturated rings. The molecule has 33 nitrogen and oxygen atoms in total. The molecule has 14 N–H and O–H groups in total. The first-order valence-electron chi connectivity index (χ1n) is 36.8. The maximum absolute atomic E-state index is 13.9. The number of hydrogen-bond donors (Lipinski definition) is 15. The molecule has 632 valence electrons. The molecule has 0 saturated carbocycles. The molecule has 13 rings (SSSR count). The third-order valence-corrected chi connectivity index (χ3v) is 25.5. The van der Waals surface area contributed by atoms with Crippen LogP contribution in [0.2, 0.25) is 0 Å². The highest BCUT2D eigenvalue weighted by Crippen LogP contribution is 2.55. The minimum absolute atomic E-state index is 0.0250. The SMILES string of the molecule is COc1cccc2c1C(=O)c1c(O)c3c(c(O)c1C2=O)C[C@@](O)(C(=O)CO)C[C@@H]3O[C@H]1C[C@H](NC(=O)OCCSSCc2ccc(C(=O)O)cc2)[C@H](O)[C@H](C)O1.COc1cccc2c1C(=O)c1c(O)c3c(c(O)c1C2=O)C[C@@](O)(C(=O)CO)C[C@@H]3O[C@H]1C[C@H](NC(=O)OCCSSc2ccccn2)[C@H](O)[C@H](C)O1.O=C(O)c1ccc(CS)cc1. The van der Waals surface area contributed by atoms with Gasteiger partial charge in [-0.25, -0.2) is 24.2 Å². The van der Waals surface area contributed by atoms with Gasteiger partial charge in [0.25, 0.3) is 0 Å². The standard InChI is InChI=1S/C38H39NO15S2.C35H36N2O13S2.C8H8O2S/c1-17-31(42)22(39-37(49)52-10-11-55-56-16-18-6-8-19(9-7-18)36(47)48)12-26(53-17)54-24-14-38(50,25(41)15-40)13-21-28(24)35(46)30-29(33(21)44)32(43)20-4-3-5-23(51-2)27(20)34(30)45;1-16-29(40)19(37-34(45)48-10-11-51-52-23-8-3-4-9-36-23)12-24(49-16)50-21-14-35(46,22(39)15-38)13-18-26(21)33(44)28-27(31(18)42)30(41)17-6-5-7-20(47-2)25(17)32(28)43;9-8(10)7-3-1-6(5-11)2-4-7/h3-9,17,22,24,26,31,40,42,44,46,50H,10-16H2,1-2H3,(H,39,49)(H,47,48);3-9,16,19,21,24,29,38,40,42,44,46H,10-15H2,1-2H3,(H,37,45);1-4,11H,5H2,(H,9,10)/t17-,22-,24-,26-,31+,38-;16-,19-,21-,24-,29+,35-;/m00./s1. The first-order valence-corrected chi connectivity index (χ1v) is 42.3. The van der Waals surface area contributed by atoms with Crippen molar-refractivity contribution in [2.45, 2.75) is 141 Å². The van der Waals surface area contributed by atoms with Gasteiger partial charge >= 0.3 is 24.1 Å². The van der Waals surface area contributed by atoms with Gasteiger partial charge in [0.2, 0.25) is 11.6 Å². The topological polar surface area (TPSA) is 524 Å². The van der Waals surface area contributed by atoms with E-state index in [4.69, 9.17) is 48.1 Å². The second-order valence-corrected chi connectivity index (χ2v) is 33.4. The van der Waals surface area contributed by atoms with Gasteiger partial charge in [0.1, 0.15) is 89.4 Å². The highest BCUT2D eigenvalue weighted by Gasteiger charge is 2.53. The molecule has 4 aliphatic carbocycles. The Hall–Kier alpha value is -9.88. The fourth-order valence-electron chi connectivity index (χ4n) is 14.6. The number of ketones is 6. The van der Waals surface area contributed by atoms with Crippen LogP contribution in [0.15, 0.2) is 114 Å². The number of methoxy groups -OCH3 is 2. The number of benzene rings is 6. The van der Waals surface area contributed by atoms with Crippen LogP contribution in [0.5, 0.6) is 34.5 Å². The Balaban J connectivity index is 0.000000206. The van der Waals surface area contributed by atoms with Gasteiger partial charge in [0.15, 0.2) is 35.7 Å². The summed E-state index contributed by atoms with van der Waals surface area (Å²) in [6.45, 7) is 0.971. The van der Waals surface area contributed by atoms with E-state index in [1.165, 1.54) is 120 Å². The minimum atomic E-state index is -2.35. The average molecular weight is 1740 g/mol. The van der Waals surface area contributed by atoms with E-state index < -0.39 is 215 Å². The Morgan fingerprint density at radius 1 is 0.538 bits per heavy atom. The van der Waals surface area contributed by atoms with Crippen LogP contribution < -0.4 is 20.1 Å². The molecule has 2 aliphatic heterocycles. The molecule has 2 amide bonds. The van der Waals surface area contributed by atoms with Crippen molar-refractivity contribution in [3.63, 3.8) is 0 Å². The number of aliphatic hydroxyl groups is 6. The second-order valence-electron chi connectivity index (χ2n) is 28.1. The van der Waals surface area contributed by atoms with Crippen molar-refractivity contribution < 1.29 is 147 Å². The summed E-state index contributed by atoms with van der Waals surface area (Å²) in [6.07, 6.45) is -12.5. The quantitative estimate of drug-likeness (QED) is 0.0108. The van der Waals surface area contributed by atoms with Crippen LogP contribution in [0.25, 0.3) is 0 Å². The molecule has 2 saturated heterocycles. The number of aromatic carboxylic acids is 2. The number of alkyl carbamates (subject to hydrolysis) is 2. The molecular formula is C81H83N3O30S5. The van der Waals surface area contributed by atoms with Gasteiger partial charge in [0, 0.05) is 101 Å². The van der Waals surface area contributed by atoms with Gasteiger partial charge in [-0.3, -0.25) is 28.8 Å². The number of amides is 2. The Morgan fingerprint density at radius 2 is 0.958 bits per heavy atom. The molecule has 6 aliphatic rings. The average Bonchev–Trinajstić information content (AvgIpc) is 0.714. The number of fused-ring (bicyclic) bond motifs is 6. The van der Waals surface area contributed by atoms with E-state index in [1.807, 2.05) is 12.1 Å². The molecule has 12 atom stereocenters. The summed E-state index contributed by atoms with van der Waals surface area (Å²) in [7, 11) is 8.40. The number of carbonyl (C=O) groups is 10. The Morgan fingerprint density at radius 3 is 1.35 bits per heavy atom. The Bertz CT molecular complexity index is 5040. The van der Waals surface area contributed by atoms with E-state index in [-0.39, 0.29) is 87.6 Å². The molecule has 6 aromatic carbocycles. The molecule has 0 bridgehead atoms. The number of aliphatic hydroxyl groups excluding tert-OH is 4. The number of ether oxygens (including phenoxy) is 8. The number of hydrogen-bond acceptors (Lipinski definition) is 34. The van der Waals surface area contributed by atoms with Crippen LogP contribution in [-0.4, -0.2) is 238 Å². The number of carboxylic acids is 2. The molecule has 119 heavy (non-hydrogen) atoms. The van der Waals surface area contributed by atoms with Crippen LogP contribution in [0.1, 0.15) is 170 Å². The third-order valence-electron chi connectivity index (χ3n) is 20.6. The summed E-state index contributed by atoms with van der Waals surface area (Å²) >= 11 is 4.05. The van der Waals surface area contributed by atoms with Crippen LogP contribution in [0.4, 0.5) is 9.59 Å². The number of rotatable bonds is 26. The largest absolute Gasteiger partial charge is 0.507 e. The number of nitrogens with zero attached hydrogens (tertiary/aromatic N) is 1. The molecule has 1 aromatic heterocycles. The van der Waals surface area contributed by atoms with E-state index >= 15 is 0 Å². The van der Waals surface area contributed by atoms with E-state index in [0.29, 0.717) is 28.6 Å². The predicted octanol–water partition coefficient (Wildman–Crippen LogP) is 7.47. The van der Waals surface area contributed by atoms with Crippen molar-refractivity contribution in [3.8, 4) is 34.5 Å². The molecular weight excluding hydrogens is 1660 g/mol. The summed E-state index contributed by atoms with van der Waals surface area (Å²) in [5.41, 5.74) is -5.66. The van der Waals surface area contributed by atoms with Crippen LogP contribution >= 0.6 is 55.8 Å². The van der Waals surface area contributed by atoms with Gasteiger partial charge in [-0.1, -0.05) is 87.0 Å². The molecule has 0 unspecified atom stereocenters. The van der Waals surface area contributed by atoms with Gasteiger partial charge in [-0.2, -0.15) is 12.6 Å². The number of nitrogens with one attached hydrogen (secondary N) is 2. The molecule has 0 spiro atoms. The first-order chi connectivity index (χ1) is 56.8. The first kappa shape index (κ1) is 89.9. The zero-order chi connectivity index (χ0) is 86.1. The van der Waals surface area contributed by atoms with E-state index in [2.05, 4.69) is 28.2 Å². The van der Waals surface area contributed by atoms with Crippen molar-refractivity contribution in [3.05, 3.63) is 198 Å². The van der Waals surface area contributed by atoms with Crippen LogP contribution in [0.3, 0.4) is 0 Å². The number of thiol groups is 1. The van der Waals surface area contributed by atoms with Gasteiger partial charge in [-0.15, -0.1) is 0 Å². The van der Waals surface area contributed by atoms with Crippen LogP contribution in [0, 0.1) is 0 Å².